The van der Waals surface area contributed by atoms with E-state index in [1.54, 1.807) is 46.1 Å². The van der Waals surface area contributed by atoms with Crippen molar-refractivity contribution in [1.82, 2.24) is 19.8 Å². The topological polar surface area (TPSA) is 90.5 Å². The minimum atomic E-state index is -0.199. The third kappa shape index (κ3) is 4.85. The third-order valence-corrected chi connectivity index (χ3v) is 4.25. The summed E-state index contributed by atoms with van der Waals surface area (Å²) in [6, 6.07) is 10.3. The molecule has 0 fully saturated rings. The number of benzene rings is 1. The second-order valence-corrected chi connectivity index (χ2v) is 6.20. The van der Waals surface area contributed by atoms with Gasteiger partial charge in [-0.3, -0.25) is 14.3 Å². The third-order valence-electron chi connectivity index (χ3n) is 4.25. The zero-order valence-corrected chi connectivity index (χ0v) is 15.9. The minimum absolute atomic E-state index is 0.00188. The van der Waals surface area contributed by atoms with E-state index in [4.69, 9.17) is 9.26 Å². The Balaban J connectivity index is 1.55. The predicted octanol–water partition coefficient (Wildman–Crippen LogP) is 2.82. The van der Waals surface area contributed by atoms with Gasteiger partial charge in [0.1, 0.15) is 12.4 Å². The second-order valence-electron chi connectivity index (χ2n) is 6.20. The lowest BCUT2D eigenvalue weighted by atomic mass is 10.1. The molecule has 2 heterocycles. The van der Waals surface area contributed by atoms with Gasteiger partial charge in [-0.2, -0.15) is 5.10 Å². The van der Waals surface area contributed by atoms with Crippen molar-refractivity contribution >= 4 is 11.7 Å². The Morgan fingerprint density at radius 1 is 1.25 bits per heavy atom. The van der Waals surface area contributed by atoms with Gasteiger partial charge in [0.2, 0.25) is 0 Å². The molecule has 3 aromatic rings. The molecule has 0 saturated carbocycles. The van der Waals surface area contributed by atoms with Crippen LogP contribution in [0.5, 0.6) is 5.75 Å². The maximum atomic E-state index is 12.6. The maximum Gasteiger partial charge on any atom is 0.276 e. The van der Waals surface area contributed by atoms with Crippen LogP contribution in [-0.4, -0.2) is 44.6 Å². The Hall–Kier alpha value is -3.42. The predicted molar refractivity (Wildman–Crippen MR) is 101 cm³/mol. The van der Waals surface area contributed by atoms with Gasteiger partial charge in [0.15, 0.2) is 17.2 Å². The number of carbonyl (C=O) groups is 2. The van der Waals surface area contributed by atoms with Gasteiger partial charge in [-0.1, -0.05) is 5.16 Å². The van der Waals surface area contributed by atoms with Crippen molar-refractivity contribution in [3.05, 3.63) is 65.8 Å². The number of likely N-dealkylation sites (N-methyl/N-ethyl adjacent to an activating group) is 1. The monoisotopic (exact) mass is 382 g/mol. The molecule has 1 aromatic carbocycles. The van der Waals surface area contributed by atoms with E-state index < -0.39 is 0 Å². The number of amides is 1. The van der Waals surface area contributed by atoms with Crippen LogP contribution < -0.4 is 4.74 Å². The molecule has 0 unspecified atom stereocenters. The number of ether oxygens (including phenoxy) is 1. The van der Waals surface area contributed by atoms with E-state index in [-0.39, 0.29) is 24.0 Å². The van der Waals surface area contributed by atoms with E-state index >= 15 is 0 Å². The number of ketones is 1. The van der Waals surface area contributed by atoms with Crippen LogP contribution in [0.4, 0.5) is 0 Å². The number of carbonyl (C=O) groups excluding carboxylic acids is 2. The molecule has 0 bridgehead atoms. The van der Waals surface area contributed by atoms with Crippen LogP contribution >= 0.6 is 0 Å². The first kappa shape index (κ1) is 19.3. The number of aromatic nitrogens is 3. The summed E-state index contributed by atoms with van der Waals surface area (Å²) in [5, 5.41) is 8.00. The summed E-state index contributed by atoms with van der Waals surface area (Å²) < 4.78 is 12.6. The highest BCUT2D eigenvalue weighted by Crippen LogP contribution is 2.15. The van der Waals surface area contributed by atoms with E-state index in [1.807, 2.05) is 19.2 Å². The number of hydrogen-bond donors (Lipinski definition) is 0. The Morgan fingerprint density at radius 2 is 2.04 bits per heavy atom. The smallest absolute Gasteiger partial charge is 0.276 e. The van der Waals surface area contributed by atoms with Gasteiger partial charge in [-0.15, -0.1) is 0 Å². The first-order valence-corrected chi connectivity index (χ1v) is 9.03. The van der Waals surface area contributed by atoms with E-state index in [1.165, 1.54) is 6.92 Å². The van der Waals surface area contributed by atoms with Crippen LogP contribution in [0.1, 0.15) is 40.5 Å². The molecule has 1 amide bonds. The van der Waals surface area contributed by atoms with Crippen LogP contribution in [0, 0.1) is 0 Å². The van der Waals surface area contributed by atoms with Crippen LogP contribution in [0.3, 0.4) is 0 Å². The molecule has 0 aliphatic heterocycles. The number of rotatable bonds is 9. The summed E-state index contributed by atoms with van der Waals surface area (Å²) in [6.45, 7) is 5.25. The highest BCUT2D eigenvalue weighted by atomic mass is 16.5. The minimum Gasteiger partial charge on any atom is -0.486 e. The maximum absolute atomic E-state index is 12.6. The van der Waals surface area contributed by atoms with Gasteiger partial charge in [0, 0.05) is 37.1 Å². The first-order chi connectivity index (χ1) is 13.6. The zero-order chi connectivity index (χ0) is 19.9. The fourth-order valence-electron chi connectivity index (χ4n) is 2.64. The Morgan fingerprint density at radius 3 is 2.68 bits per heavy atom. The normalized spacial score (nSPS) is 10.6. The van der Waals surface area contributed by atoms with Gasteiger partial charge in [-0.25, -0.2) is 0 Å². The molecule has 0 radical (unpaired) electrons. The van der Waals surface area contributed by atoms with Crippen LogP contribution in [0.25, 0.3) is 0 Å². The van der Waals surface area contributed by atoms with Crippen molar-refractivity contribution in [2.75, 3.05) is 13.1 Å². The van der Waals surface area contributed by atoms with E-state index in [2.05, 4.69) is 10.3 Å². The summed E-state index contributed by atoms with van der Waals surface area (Å²) in [6.07, 6.45) is 3.56. The van der Waals surface area contributed by atoms with E-state index in [9.17, 15) is 9.59 Å². The SMILES string of the molecule is CCN(CCn1cccn1)C(=O)c1cc(COc2ccc(C(C)=O)cc2)on1. The van der Waals surface area contributed by atoms with Crippen LogP contribution in [-0.2, 0) is 13.2 Å². The molecule has 0 aliphatic rings. The van der Waals surface area contributed by atoms with Gasteiger partial charge >= 0.3 is 0 Å². The summed E-state index contributed by atoms with van der Waals surface area (Å²) in [4.78, 5) is 25.6. The molecule has 0 saturated heterocycles. The van der Waals surface area contributed by atoms with Crippen LogP contribution in [0.15, 0.2) is 53.3 Å². The molecule has 0 atom stereocenters. The lowest BCUT2D eigenvalue weighted by Crippen LogP contribution is -2.34. The molecule has 3 rings (SSSR count). The summed E-state index contributed by atoms with van der Waals surface area (Å²) >= 11 is 0. The molecule has 2 aromatic heterocycles. The summed E-state index contributed by atoms with van der Waals surface area (Å²) in [5.74, 6) is 0.847. The molecule has 0 aliphatic carbocycles. The standard InChI is InChI=1S/C20H22N4O4/c1-3-23(11-12-24-10-4-9-21-24)20(26)19-13-18(28-22-19)14-27-17-7-5-16(6-8-17)15(2)25/h4-10,13H,3,11-12,14H2,1-2H3. The number of hydrogen-bond acceptors (Lipinski definition) is 6. The van der Waals surface area contributed by atoms with Crippen molar-refractivity contribution in [3.63, 3.8) is 0 Å². The molecular formula is C20H22N4O4. The second kappa shape index (κ2) is 8.98. The Kier molecular flexibility index (Phi) is 6.21. The van der Waals surface area contributed by atoms with Crippen molar-refractivity contribution in [2.24, 2.45) is 0 Å². The first-order valence-electron chi connectivity index (χ1n) is 9.03. The fraction of sp³-hybridized carbons (Fsp3) is 0.300. The zero-order valence-electron chi connectivity index (χ0n) is 15.9. The molecule has 8 heteroatoms. The number of nitrogens with zero attached hydrogens (tertiary/aromatic N) is 4. The van der Waals surface area contributed by atoms with E-state index in [0.29, 0.717) is 36.7 Å². The molecule has 146 valence electrons. The van der Waals surface area contributed by atoms with Gasteiger partial charge in [0.25, 0.3) is 5.91 Å². The van der Waals surface area contributed by atoms with Crippen molar-refractivity contribution < 1.29 is 18.8 Å². The average molecular weight is 382 g/mol. The fourth-order valence-corrected chi connectivity index (χ4v) is 2.64. The largest absolute Gasteiger partial charge is 0.486 e. The van der Waals surface area contributed by atoms with Crippen molar-refractivity contribution in [3.8, 4) is 5.75 Å². The van der Waals surface area contributed by atoms with Gasteiger partial charge in [0.05, 0.1) is 6.54 Å². The van der Waals surface area contributed by atoms with Gasteiger partial charge < -0.3 is 14.2 Å². The summed E-state index contributed by atoms with van der Waals surface area (Å²) in [5.41, 5.74) is 0.863. The van der Waals surface area contributed by atoms with Crippen molar-refractivity contribution in [2.45, 2.75) is 27.0 Å². The molecule has 0 N–H and O–H groups in total. The lowest BCUT2D eigenvalue weighted by Gasteiger charge is -2.19. The quantitative estimate of drug-likeness (QED) is 0.529. The van der Waals surface area contributed by atoms with Crippen molar-refractivity contribution in [1.29, 1.82) is 0 Å². The molecule has 0 spiro atoms. The van der Waals surface area contributed by atoms with Gasteiger partial charge in [-0.05, 0) is 44.2 Å². The highest BCUT2D eigenvalue weighted by Gasteiger charge is 2.19. The molecule has 28 heavy (non-hydrogen) atoms. The average Bonchev–Trinajstić information content (AvgIpc) is 3.39. The summed E-state index contributed by atoms with van der Waals surface area (Å²) in [7, 11) is 0. The van der Waals surface area contributed by atoms with Crippen LogP contribution in [0.2, 0.25) is 0 Å². The Labute approximate surface area is 162 Å². The highest BCUT2D eigenvalue weighted by molar-refractivity contribution is 5.94. The van der Waals surface area contributed by atoms with E-state index in [0.717, 1.165) is 0 Å². The lowest BCUT2D eigenvalue weighted by molar-refractivity contribution is 0.0746. The molecule has 8 nitrogen and oxygen atoms in total. The molecular weight excluding hydrogens is 360 g/mol. The number of Topliss-reactive ketones (excluding diaryl/α,β-unsaturated/α-hetero) is 1. The Bertz CT molecular complexity index is 916.